The number of nitriles is 1. The van der Waals surface area contributed by atoms with E-state index in [1.165, 1.54) is 28.9 Å². The predicted molar refractivity (Wildman–Crippen MR) is 116 cm³/mol. The Balaban J connectivity index is 1.59. The SMILES string of the molecule is N#Cc1ccccc1Nc1nc2ccc(-c3cccc(C(=O)NCCC(F)(F)F)c3F)cn2n1. The Morgan fingerprint density at radius 3 is 2.65 bits per heavy atom. The molecule has 0 spiro atoms. The van der Waals surface area contributed by atoms with Crippen molar-refractivity contribution in [1.29, 1.82) is 5.26 Å². The number of aromatic nitrogens is 3. The zero-order chi connectivity index (χ0) is 24.3. The molecule has 2 aromatic heterocycles. The van der Waals surface area contributed by atoms with Gasteiger partial charge in [0, 0.05) is 23.9 Å². The van der Waals surface area contributed by atoms with E-state index in [2.05, 4.69) is 26.8 Å². The standard InChI is InChI=1S/C23H16F4N6O/c24-20-16(5-3-6-17(20)21(34)29-11-10-23(25,26)27)15-8-9-19-31-22(32-33(19)13-15)30-18-7-2-1-4-14(18)12-28/h1-9,13H,10-11H2,(H,29,34)(H,30,32). The topological polar surface area (TPSA) is 95.1 Å². The van der Waals surface area contributed by atoms with Crippen molar-refractivity contribution < 1.29 is 22.4 Å². The lowest BCUT2D eigenvalue weighted by Crippen LogP contribution is -2.28. The monoisotopic (exact) mass is 468 g/mol. The Kier molecular flexibility index (Phi) is 6.14. The molecule has 0 saturated heterocycles. The second kappa shape index (κ2) is 9.19. The number of carbonyl (C=O) groups excluding carboxylic acids is 1. The van der Waals surface area contributed by atoms with E-state index in [9.17, 15) is 23.2 Å². The molecule has 34 heavy (non-hydrogen) atoms. The number of nitrogens with zero attached hydrogens (tertiary/aromatic N) is 4. The summed E-state index contributed by atoms with van der Waals surface area (Å²) in [6, 6.07) is 16.2. The van der Waals surface area contributed by atoms with Crippen LogP contribution in [-0.2, 0) is 0 Å². The smallest absolute Gasteiger partial charge is 0.352 e. The molecular formula is C23H16F4N6O. The van der Waals surface area contributed by atoms with Crippen molar-refractivity contribution in [3.8, 4) is 17.2 Å². The zero-order valence-corrected chi connectivity index (χ0v) is 17.4. The molecule has 4 rings (SSSR count). The Hall–Kier alpha value is -4.46. The molecule has 0 fully saturated rings. The third-order valence-electron chi connectivity index (χ3n) is 4.87. The minimum Gasteiger partial charge on any atom is -0.352 e. The summed E-state index contributed by atoms with van der Waals surface area (Å²) in [5.74, 6) is -1.58. The quantitative estimate of drug-likeness (QED) is 0.395. The third-order valence-corrected chi connectivity index (χ3v) is 4.87. The van der Waals surface area contributed by atoms with Crippen LogP contribution in [0.4, 0.5) is 29.2 Å². The average molecular weight is 468 g/mol. The van der Waals surface area contributed by atoms with Crippen LogP contribution < -0.4 is 10.6 Å². The second-order valence-electron chi connectivity index (χ2n) is 7.23. The van der Waals surface area contributed by atoms with Crippen LogP contribution in [-0.4, -0.2) is 33.2 Å². The minimum atomic E-state index is -4.43. The Morgan fingerprint density at radius 2 is 1.88 bits per heavy atom. The highest BCUT2D eigenvalue weighted by molar-refractivity contribution is 5.95. The predicted octanol–water partition coefficient (Wildman–Crippen LogP) is 4.83. The molecule has 1 amide bonds. The largest absolute Gasteiger partial charge is 0.390 e. The molecule has 0 radical (unpaired) electrons. The lowest BCUT2D eigenvalue weighted by molar-refractivity contribution is -0.132. The molecular weight excluding hydrogens is 452 g/mol. The van der Waals surface area contributed by atoms with Gasteiger partial charge in [-0.2, -0.15) is 23.4 Å². The number of benzene rings is 2. The number of para-hydroxylation sites is 1. The van der Waals surface area contributed by atoms with E-state index < -0.39 is 30.9 Å². The van der Waals surface area contributed by atoms with E-state index >= 15 is 4.39 Å². The van der Waals surface area contributed by atoms with Gasteiger partial charge >= 0.3 is 6.18 Å². The van der Waals surface area contributed by atoms with Crippen LogP contribution in [0.5, 0.6) is 0 Å². The van der Waals surface area contributed by atoms with E-state index in [4.69, 9.17) is 0 Å². The highest BCUT2D eigenvalue weighted by Crippen LogP contribution is 2.26. The van der Waals surface area contributed by atoms with Gasteiger partial charge in [0.05, 0.1) is 23.2 Å². The molecule has 0 aliphatic carbocycles. The summed E-state index contributed by atoms with van der Waals surface area (Å²) in [7, 11) is 0. The lowest BCUT2D eigenvalue weighted by atomic mass is 10.0. The van der Waals surface area contributed by atoms with Gasteiger partial charge < -0.3 is 10.6 Å². The van der Waals surface area contributed by atoms with Crippen LogP contribution in [0.3, 0.4) is 0 Å². The first-order valence-corrected chi connectivity index (χ1v) is 10.0. The Bertz CT molecular complexity index is 1410. The van der Waals surface area contributed by atoms with Gasteiger partial charge in [-0.15, -0.1) is 5.10 Å². The molecule has 0 aliphatic heterocycles. The van der Waals surface area contributed by atoms with Gasteiger partial charge in [-0.25, -0.2) is 8.91 Å². The number of alkyl halides is 3. The van der Waals surface area contributed by atoms with Crippen LogP contribution >= 0.6 is 0 Å². The fraction of sp³-hybridized carbons (Fsp3) is 0.130. The number of halogens is 4. The molecule has 0 atom stereocenters. The molecule has 7 nitrogen and oxygen atoms in total. The summed E-state index contributed by atoms with van der Waals surface area (Å²) in [5.41, 5.74) is 1.47. The number of pyridine rings is 1. The van der Waals surface area contributed by atoms with Gasteiger partial charge in [-0.1, -0.05) is 24.3 Å². The van der Waals surface area contributed by atoms with Crippen molar-refractivity contribution in [3.63, 3.8) is 0 Å². The summed E-state index contributed by atoms with van der Waals surface area (Å²) in [5, 5.41) is 18.6. The number of amides is 1. The van der Waals surface area contributed by atoms with E-state index in [1.54, 1.807) is 36.4 Å². The van der Waals surface area contributed by atoms with Crippen molar-refractivity contribution >= 4 is 23.2 Å². The Morgan fingerprint density at radius 1 is 1.09 bits per heavy atom. The van der Waals surface area contributed by atoms with Crippen LogP contribution in [0.25, 0.3) is 16.8 Å². The number of fused-ring (bicyclic) bond motifs is 1. The van der Waals surface area contributed by atoms with Crippen LogP contribution in [0.2, 0.25) is 0 Å². The van der Waals surface area contributed by atoms with Gasteiger partial charge in [0.1, 0.15) is 11.9 Å². The first-order chi connectivity index (χ1) is 16.2. The summed E-state index contributed by atoms with van der Waals surface area (Å²) in [4.78, 5) is 16.5. The maximum Gasteiger partial charge on any atom is 0.390 e. The summed E-state index contributed by atoms with van der Waals surface area (Å²) < 4.78 is 53.4. The number of nitrogens with one attached hydrogen (secondary N) is 2. The fourth-order valence-corrected chi connectivity index (χ4v) is 3.25. The molecule has 2 N–H and O–H groups in total. The van der Waals surface area contributed by atoms with E-state index in [1.807, 2.05) is 0 Å². The fourth-order valence-electron chi connectivity index (χ4n) is 3.25. The average Bonchev–Trinajstić information content (AvgIpc) is 3.20. The Labute approximate surface area is 190 Å². The molecule has 0 bridgehead atoms. The van der Waals surface area contributed by atoms with Crippen LogP contribution in [0.1, 0.15) is 22.3 Å². The zero-order valence-electron chi connectivity index (χ0n) is 17.4. The van der Waals surface area contributed by atoms with E-state index in [-0.39, 0.29) is 17.1 Å². The van der Waals surface area contributed by atoms with Crippen LogP contribution in [0.15, 0.2) is 60.8 Å². The van der Waals surface area contributed by atoms with Crippen molar-refractivity contribution in [2.45, 2.75) is 12.6 Å². The number of carbonyl (C=O) groups is 1. The van der Waals surface area contributed by atoms with Crippen molar-refractivity contribution in [3.05, 3.63) is 77.7 Å². The van der Waals surface area contributed by atoms with Crippen LogP contribution in [0, 0.1) is 17.1 Å². The van der Waals surface area contributed by atoms with Gasteiger partial charge in [0.25, 0.3) is 5.91 Å². The maximum absolute atomic E-state index is 15.1. The summed E-state index contributed by atoms with van der Waals surface area (Å²) in [6.45, 7) is -0.651. The van der Waals surface area contributed by atoms with Crippen molar-refractivity contribution in [1.82, 2.24) is 19.9 Å². The summed E-state index contributed by atoms with van der Waals surface area (Å²) in [6.07, 6.45) is -4.13. The van der Waals surface area contributed by atoms with Gasteiger partial charge in [-0.3, -0.25) is 4.79 Å². The van der Waals surface area contributed by atoms with E-state index in [0.29, 0.717) is 22.5 Å². The number of anilines is 2. The van der Waals surface area contributed by atoms with Crippen molar-refractivity contribution in [2.75, 3.05) is 11.9 Å². The molecule has 0 saturated carbocycles. The molecule has 0 unspecified atom stereocenters. The first kappa shape index (κ1) is 22.7. The maximum atomic E-state index is 15.1. The highest BCUT2D eigenvalue weighted by Gasteiger charge is 2.27. The second-order valence-corrected chi connectivity index (χ2v) is 7.23. The summed E-state index contributed by atoms with van der Waals surface area (Å²) >= 11 is 0. The molecule has 2 aromatic carbocycles. The normalized spacial score (nSPS) is 11.3. The minimum absolute atomic E-state index is 0.0743. The molecule has 11 heteroatoms. The molecule has 2 heterocycles. The van der Waals surface area contributed by atoms with E-state index in [0.717, 1.165) is 0 Å². The molecule has 0 aliphatic rings. The molecule has 4 aromatic rings. The number of hydrogen-bond donors (Lipinski definition) is 2. The van der Waals surface area contributed by atoms with Gasteiger partial charge in [0.15, 0.2) is 5.65 Å². The highest BCUT2D eigenvalue weighted by atomic mass is 19.4. The number of hydrogen-bond acceptors (Lipinski definition) is 5. The lowest BCUT2D eigenvalue weighted by Gasteiger charge is -2.10. The molecule has 172 valence electrons. The van der Waals surface area contributed by atoms with Gasteiger partial charge in [0.2, 0.25) is 5.95 Å². The first-order valence-electron chi connectivity index (χ1n) is 10.0. The van der Waals surface area contributed by atoms with Crippen molar-refractivity contribution in [2.24, 2.45) is 0 Å². The number of rotatable bonds is 6. The van der Waals surface area contributed by atoms with Gasteiger partial charge in [-0.05, 0) is 30.3 Å². The third kappa shape index (κ3) is 4.96.